The number of hydrogen-bond acceptors (Lipinski definition) is 4. The van der Waals surface area contributed by atoms with Gasteiger partial charge in [-0.15, -0.1) is 0 Å². The van der Waals surface area contributed by atoms with Gasteiger partial charge in [0.25, 0.3) is 0 Å². The second kappa shape index (κ2) is 6.86. The van der Waals surface area contributed by atoms with Crippen molar-refractivity contribution in [3.05, 3.63) is 0 Å². The van der Waals surface area contributed by atoms with Crippen LogP contribution in [0.4, 0.5) is 0 Å². The monoisotopic (exact) mass is 322 g/mol. The van der Waals surface area contributed by atoms with E-state index >= 15 is 0 Å². The molecule has 0 radical (unpaired) electrons. The van der Waals surface area contributed by atoms with Crippen LogP contribution in [-0.2, 0) is 14.4 Å². The molecule has 3 N–H and O–H groups in total. The molecule has 1 saturated carbocycles. The summed E-state index contributed by atoms with van der Waals surface area (Å²) < 4.78 is 0. The van der Waals surface area contributed by atoms with Crippen molar-refractivity contribution in [2.75, 3.05) is 26.2 Å². The van der Waals surface area contributed by atoms with Crippen molar-refractivity contribution >= 4 is 17.7 Å². The number of carbonyl (C=O) groups is 3. The summed E-state index contributed by atoms with van der Waals surface area (Å²) in [5.74, 6) is -0.0522. The van der Waals surface area contributed by atoms with Crippen molar-refractivity contribution in [2.24, 2.45) is 0 Å². The number of piperidine rings is 1. The third-order valence-electron chi connectivity index (χ3n) is 5.37. The standard InChI is InChI=1S/C16H26N4O3/c21-13-5-4-12(16(19-13)6-3-7-16)17-10-14(22)18-11-15(23)20-8-1-2-9-20/h12,17H,1-11H2,(H,18,22)(H,19,21). The molecule has 1 spiro atoms. The Morgan fingerprint density at radius 2 is 1.91 bits per heavy atom. The lowest BCUT2D eigenvalue weighted by molar-refractivity contribution is -0.132. The summed E-state index contributed by atoms with van der Waals surface area (Å²) in [6.07, 6.45) is 6.46. The van der Waals surface area contributed by atoms with Crippen LogP contribution in [0.25, 0.3) is 0 Å². The Hall–Kier alpha value is -1.63. The van der Waals surface area contributed by atoms with Crippen molar-refractivity contribution in [1.29, 1.82) is 0 Å². The predicted octanol–water partition coefficient (Wildman–Crippen LogP) is -0.484. The molecule has 2 saturated heterocycles. The van der Waals surface area contributed by atoms with E-state index < -0.39 is 0 Å². The molecule has 7 nitrogen and oxygen atoms in total. The quantitative estimate of drug-likeness (QED) is 0.637. The van der Waals surface area contributed by atoms with Crippen LogP contribution in [0.5, 0.6) is 0 Å². The Bertz CT molecular complexity index is 484. The minimum Gasteiger partial charge on any atom is -0.349 e. The van der Waals surface area contributed by atoms with Gasteiger partial charge in [0.1, 0.15) is 0 Å². The molecular weight excluding hydrogens is 296 g/mol. The summed E-state index contributed by atoms with van der Waals surface area (Å²) in [5.41, 5.74) is -0.152. The van der Waals surface area contributed by atoms with Crippen LogP contribution in [0.2, 0.25) is 0 Å². The second-order valence-electron chi connectivity index (χ2n) is 6.89. The van der Waals surface area contributed by atoms with Gasteiger partial charge in [0.05, 0.1) is 18.6 Å². The minimum atomic E-state index is -0.163. The lowest BCUT2D eigenvalue weighted by atomic mass is 9.68. The molecule has 23 heavy (non-hydrogen) atoms. The molecule has 128 valence electrons. The first-order valence-corrected chi connectivity index (χ1v) is 8.68. The van der Waals surface area contributed by atoms with Crippen molar-refractivity contribution in [2.45, 2.75) is 56.5 Å². The Kier molecular flexibility index (Phi) is 4.84. The summed E-state index contributed by atoms with van der Waals surface area (Å²) in [6.45, 7) is 1.87. The molecule has 0 bridgehead atoms. The zero-order valence-corrected chi connectivity index (χ0v) is 13.5. The minimum absolute atomic E-state index is 0.00348. The molecule has 1 unspecified atom stereocenters. The number of hydrogen-bond donors (Lipinski definition) is 3. The molecule has 2 aliphatic heterocycles. The van der Waals surface area contributed by atoms with Gasteiger partial charge in [-0.05, 0) is 38.5 Å². The highest BCUT2D eigenvalue weighted by Crippen LogP contribution is 2.38. The normalized spacial score (nSPS) is 25.8. The van der Waals surface area contributed by atoms with E-state index in [0.29, 0.717) is 6.42 Å². The van der Waals surface area contributed by atoms with E-state index in [1.807, 2.05) is 0 Å². The van der Waals surface area contributed by atoms with Crippen molar-refractivity contribution in [3.63, 3.8) is 0 Å². The van der Waals surface area contributed by atoms with Crippen LogP contribution in [0.1, 0.15) is 44.9 Å². The molecule has 0 aromatic rings. The predicted molar refractivity (Wildman–Crippen MR) is 84.6 cm³/mol. The van der Waals surface area contributed by atoms with E-state index in [9.17, 15) is 14.4 Å². The number of carbonyl (C=O) groups excluding carboxylic acids is 3. The first-order valence-electron chi connectivity index (χ1n) is 8.68. The van der Waals surface area contributed by atoms with Gasteiger partial charge < -0.3 is 20.9 Å². The van der Waals surface area contributed by atoms with Crippen LogP contribution < -0.4 is 16.0 Å². The number of nitrogens with one attached hydrogen (secondary N) is 3. The Morgan fingerprint density at radius 1 is 1.17 bits per heavy atom. The molecule has 7 heteroatoms. The summed E-state index contributed by atoms with van der Waals surface area (Å²) in [5, 5.41) is 9.06. The van der Waals surface area contributed by atoms with Crippen molar-refractivity contribution in [1.82, 2.24) is 20.9 Å². The summed E-state index contributed by atoms with van der Waals surface area (Å²) >= 11 is 0. The smallest absolute Gasteiger partial charge is 0.241 e. The molecule has 3 aliphatic rings. The lowest BCUT2D eigenvalue weighted by Gasteiger charge is -2.51. The van der Waals surface area contributed by atoms with Crippen molar-refractivity contribution < 1.29 is 14.4 Å². The zero-order valence-electron chi connectivity index (χ0n) is 13.5. The lowest BCUT2D eigenvalue weighted by Crippen LogP contribution is -2.68. The number of amides is 3. The molecular formula is C16H26N4O3. The van der Waals surface area contributed by atoms with E-state index in [-0.39, 0.29) is 42.4 Å². The van der Waals surface area contributed by atoms with E-state index in [2.05, 4.69) is 16.0 Å². The third-order valence-corrected chi connectivity index (χ3v) is 5.37. The summed E-state index contributed by atoms with van der Waals surface area (Å²) in [6, 6.07) is 0.147. The van der Waals surface area contributed by atoms with Gasteiger partial charge in [-0.3, -0.25) is 14.4 Å². The highest BCUT2D eigenvalue weighted by atomic mass is 16.2. The van der Waals surface area contributed by atoms with Gasteiger partial charge in [0.15, 0.2) is 0 Å². The second-order valence-corrected chi connectivity index (χ2v) is 6.89. The Balaban J connectivity index is 1.40. The number of likely N-dealkylation sites (tertiary alicyclic amines) is 1. The molecule has 3 fully saturated rings. The molecule has 0 aromatic carbocycles. The van der Waals surface area contributed by atoms with E-state index in [1.54, 1.807) is 4.90 Å². The van der Waals surface area contributed by atoms with Crippen molar-refractivity contribution in [3.8, 4) is 0 Å². The fraction of sp³-hybridized carbons (Fsp3) is 0.812. The Labute approximate surface area is 136 Å². The molecule has 2 heterocycles. The van der Waals surface area contributed by atoms with Gasteiger partial charge in [-0.25, -0.2) is 0 Å². The zero-order chi connectivity index (χ0) is 16.3. The molecule has 3 amide bonds. The van der Waals surface area contributed by atoms with E-state index in [4.69, 9.17) is 0 Å². The average molecular weight is 322 g/mol. The van der Waals surface area contributed by atoms with Gasteiger partial charge >= 0.3 is 0 Å². The number of rotatable bonds is 5. The molecule has 3 rings (SSSR count). The topological polar surface area (TPSA) is 90.5 Å². The fourth-order valence-electron chi connectivity index (χ4n) is 3.84. The number of nitrogens with zero attached hydrogens (tertiary/aromatic N) is 1. The Morgan fingerprint density at radius 3 is 2.57 bits per heavy atom. The van der Waals surface area contributed by atoms with Gasteiger partial charge in [0.2, 0.25) is 17.7 Å². The summed E-state index contributed by atoms with van der Waals surface area (Å²) in [7, 11) is 0. The molecule has 1 aliphatic carbocycles. The first kappa shape index (κ1) is 16.2. The van der Waals surface area contributed by atoms with E-state index in [0.717, 1.165) is 51.6 Å². The van der Waals surface area contributed by atoms with Crippen LogP contribution in [0.3, 0.4) is 0 Å². The maximum Gasteiger partial charge on any atom is 0.241 e. The third kappa shape index (κ3) is 3.65. The van der Waals surface area contributed by atoms with Gasteiger partial charge in [-0.1, -0.05) is 0 Å². The summed E-state index contributed by atoms with van der Waals surface area (Å²) in [4.78, 5) is 37.2. The molecule has 0 aromatic heterocycles. The average Bonchev–Trinajstić information content (AvgIpc) is 3.04. The van der Waals surface area contributed by atoms with Gasteiger partial charge in [0, 0.05) is 25.6 Å². The van der Waals surface area contributed by atoms with Crippen LogP contribution >= 0.6 is 0 Å². The first-order chi connectivity index (χ1) is 11.1. The van der Waals surface area contributed by atoms with Crippen LogP contribution in [0.15, 0.2) is 0 Å². The van der Waals surface area contributed by atoms with Crippen LogP contribution in [0, 0.1) is 0 Å². The maximum absolute atomic E-state index is 12.0. The highest BCUT2D eigenvalue weighted by molar-refractivity contribution is 5.85. The SMILES string of the molecule is O=C(CNC1CCC(=O)NC12CCC2)NCC(=O)N1CCCC1. The largest absolute Gasteiger partial charge is 0.349 e. The fourth-order valence-corrected chi connectivity index (χ4v) is 3.84. The highest BCUT2D eigenvalue weighted by Gasteiger charge is 2.47. The maximum atomic E-state index is 12.0. The van der Waals surface area contributed by atoms with Crippen LogP contribution in [-0.4, -0.2) is 60.4 Å². The molecule has 1 atom stereocenters. The van der Waals surface area contributed by atoms with E-state index in [1.165, 1.54) is 0 Å². The van der Waals surface area contributed by atoms with Gasteiger partial charge in [-0.2, -0.15) is 0 Å².